The molecule has 3 rings (SSSR count). The van der Waals surface area contributed by atoms with E-state index >= 15 is 8.78 Å². The van der Waals surface area contributed by atoms with Crippen molar-refractivity contribution in [1.82, 2.24) is 0 Å². The van der Waals surface area contributed by atoms with Crippen LogP contribution in [0.1, 0.15) is 37.5 Å². The highest BCUT2D eigenvalue weighted by Crippen LogP contribution is 2.41. The molecule has 0 aliphatic rings. The van der Waals surface area contributed by atoms with Crippen molar-refractivity contribution in [3.63, 3.8) is 0 Å². The van der Waals surface area contributed by atoms with Crippen molar-refractivity contribution in [3.8, 4) is 0 Å². The lowest BCUT2D eigenvalue weighted by molar-refractivity contribution is -0.605. The van der Waals surface area contributed by atoms with Crippen molar-refractivity contribution in [2.75, 3.05) is 4.72 Å². The van der Waals surface area contributed by atoms with E-state index in [2.05, 4.69) is 4.72 Å². The number of anilines is 1. The Labute approximate surface area is 184 Å². The maximum Gasteiger partial charge on any atom is 0.300 e. The van der Waals surface area contributed by atoms with E-state index in [9.17, 15) is 13.6 Å². The zero-order valence-corrected chi connectivity index (χ0v) is 18.6. The van der Waals surface area contributed by atoms with E-state index in [0.29, 0.717) is 4.73 Å². The lowest BCUT2D eigenvalue weighted by atomic mass is 9.87. The number of pyridine rings is 1. The third kappa shape index (κ3) is 4.97. The van der Waals surface area contributed by atoms with Gasteiger partial charge in [0.05, 0.1) is 16.1 Å². The molecule has 164 valence electrons. The second kappa shape index (κ2) is 8.09. The van der Waals surface area contributed by atoms with Crippen molar-refractivity contribution in [3.05, 3.63) is 93.9 Å². The highest BCUT2D eigenvalue weighted by molar-refractivity contribution is 7.92. The molecule has 5 nitrogen and oxygen atoms in total. The van der Waals surface area contributed by atoms with Gasteiger partial charge in [0.1, 0.15) is 0 Å². The summed E-state index contributed by atoms with van der Waals surface area (Å²) in [5.41, 5.74) is -0.646. The van der Waals surface area contributed by atoms with E-state index in [1.54, 1.807) is 12.1 Å². The summed E-state index contributed by atoms with van der Waals surface area (Å²) < 4.78 is 58.8. The van der Waals surface area contributed by atoms with E-state index in [1.807, 2.05) is 20.8 Å². The first-order chi connectivity index (χ1) is 14.3. The van der Waals surface area contributed by atoms with Gasteiger partial charge in [-0.2, -0.15) is 13.5 Å². The molecule has 0 aliphatic heterocycles. The molecule has 1 N–H and O–H groups in total. The average molecular weight is 467 g/mol. The van der Waals surface area contributed by atoms with Crippen molar-refractivity contribution in [2.45, 2.75) is 37.0 Å². The van der Waals surface area contributed by atoms with Gasteiger partial charge in [-0.3, -0.25) is 4.72 Å². The van der Waals surface area contributed by atoms with Crippen LogP contribution in [0.25, 0.3) is 0 Å². The van der Waals surface area contributed by atoms with E-state index in [-0.39, 0.29) is 21.0 Å². The Morgan fingerprint density at radius 2 is 1.52 bits per heavy atom. The fourth-order valence-electron chi connectivity index (χ4n) is 2.98. The minimum absolute atomic E-state index is 0.0157. The number of sulfonamides is 1. The van der Waals surface area contributed by atoms with Crippen LogP contribution in [-0.4, -0.2) is 8.42 Å². The first kappa shape index (κ1) is 23.0. The number of alkyl halides is 2. The summed E-state index contributed by atoms with van der Waals surface area (Å²) in [5, 5.41) is 11.2. The van der Waals surface area contributed by atoms with Gasteiger partial charge in [-0.1, -0.05) is 44.5 Å². The molecule has 0 amide bonds. The molecule has 0 radical (unpaired) electrons. The van der Waals surface area contributed by atoms with E-state index in [4.69, 9.17) is 11.6 Å². The molecule has 1 aromatic heterocycles. The van der Waals surface area contributed by atoms with E-state index in [1.165, 1.54) is 24.3 Å². The molecule has 0 spiro atoms. The Bertz CT molecular complexity index is 1190. The van der Waals surface area contributed by atoms with Gasteiger partial charge < -0.3 is 5.21 Å². The Kier molecular flexibility index (Phi) is 5.99. The molecule has 0 fully saturated rings. The predicted octanol–water partition coefficient (Wildman–Crippen LogP) is 5.21. The lowest BCUT2D eigenvalue weighted by Crippen LogP contribution is -2.26. The Balaban J connectivity index is 2.01. The highest BCUT2D eigenvalue weighted by Gasteiger charge is 2.38. The van der Waals surface area contributed by atoms with Crippen molar-refractivity contribution < 1.29 is 21.9 Å². The SMILES string of the molecule is CC(C)(C)c1ccc(S(=O)(=O)Nc2ccc(Cl)cc2C(F)(F)c2cc[n+]([O-])cc2)cc1. The van der Waals surface area contributed by atoms with Gasteiger partial charge in [-0.05, 0) is 41.3 Å². The Morgan fingerprint density at radius 1 is 0.935 bits per heavy atom. The second-order valence-corrected chi connectivity index (χ2v) is 10.2. The van der Waals surface area contributed by atoms with Crippen LogP contribution in [0, 0.1) is 5.21 Å². The quantitative estimate of drug-likeness (QED) is 0.414. The van der Waals surface area contributed by atoms with Crippen LogP contribution in [0.4, 0.5) is 14.5 Å². The summed E-state index contributed by atoms with van der Waals surface area (Å²) in [6.07, 6.45) is 1.88. The van der Waals surface area contributed by atoms with Crippen LogP contribution in [0.2, 0.25) is 5.02 Å². The van der Waals surface area contributed by atoms with Gasteiger partial charge in [0.2, 0.25) is 0 Å². The van der Waals surface area contributed by atoms with Crippen molar-refractivity contribution in [1.29, 1.82) is 0 Å². The molecule has 0 saturated carbocycles. The predicted molar refractivity (Wildman–Crippen MR) is 116 cm³/mol. The maximum atomic E-state index is 15.2. The molecule has 9 heteroatoms. The monoisotopic (exact) mass is 466 g/mol. The molecule has 3 aromatic rings. The van der Waals surface area contributed by atoms with Gasteiger partial charge in [0.25, 0.3) is 10.0 Å². The van der Waals surface area contributed by atoms with Crippen LogP contribution < -0.4 is 9.45 Å². The largest absolute Gasteiger partial charge is 0.619 e. The third-order valence-electron chi connectivity index (χ3n) is 4.76. The van der Waals surface area contributed by atoms with Crippen LogP contribution in [0.15, 0.2) is 71.9 Å². The van der Waals surface area contributed by atoms with Crippen molar-refractivity contribution >= 4 is 27.3 Å². The maximum absolute atomic E-state index is 15.2. The summed E-state index contributed by atoms with van der Waals surface area (Å²) in [7, 11) is -4.14. The fraction of sp³-hybridized carbons (Fsp3) is 0.227. The van der Waals surface area contributed by atoms with Gasteiger partial charge in [0.15, 0.2) is 12.4 Å². The summed E-state index contributed by atoms with van der Waals surface area (Å²) >= 11 is 5.92. The smallest absolute Gasteiger partial charge is 0.300 e. The molecule has 0 atom stereocenters. The van der Waals surface area contributed by atoms with Crippen LogP contribution in [0.3, 0.4) is 0 Å². The minimum atomic E-state index is -4.14. The highest BCUT2D eigenvalue weighted by atomic mass is 35.5. The van der Waals surface area contributed by atoms with Gasteiger partial charge in [-0.15, -0.1) is 0 Å². The summed E-state index contributed by atoms with van der Waals surface area (Å²) in [5.74, 6) is -3.60. The van der Waals surface area contributed by atoms with Gasteiger partial charge in [-0.25, -0.2) is 8.42 Å². The van der Waals surface area contributed by atoms with Gasteiger partial charge >= 0.3 is 5.92 Å². The molecule has 0 saturated heterocycles. The Morgan fingerprint density at radius 3 is 2.06 bits per heavy atom. The van der Waals surface area contributed by atoms with Gasteiger partial charge in [0, 0.05) is 22.7 Å². The zero-order valence-electron chi connectivity index (χ0n) is 17.1. The molecule has 0 aliphatic carbocycles. The molecule has 2 aromatic carbocycles. The van der Waals surface area contributed by atoms with Crippen LogP contribution in [-0.2, 0) is 21.4 Å². The van der Waals surface area contributed by atoms with E-state index in [0.717, 1.165) is 36.2 Å². The number of nitrogens with zero attached hydrogens (tertiary/aromatic N) is 1. The number of aromatic nitrogens is 1. The van der Waals surface area contributed by atoms with Crippen molar-refractivity contribution in [2.24, 2.45) is 0 Å². The number of rotatable bonds is 5. The third-order valence-corrected chi connectivity index (χ3v) is 6.38. The summed E-state index contributed by atoms with van der Waals surface area (Å²) in [6.45, 7) is 5.98. The molecular formula is C22H21ClF2N2O3S. The molecule has 0 bridgehead atoms. The number of halogens is 3. The number of hydrogen-bond acceptors (Lipinski definition) is 3. The number of nitrogens with one attached hydrogen (secondary N) is 1. The second-order valence-electron chi connectivity index (χ2n) is 8.09. The first-order valence-corrected chi connectivity index (χ1v) is 11.2. The molecule has 1 heterocycles. The van der Waals surface area contributed by atoms with Crippen LogP contribution in [0.5, 0.6) is 0 Å². The normalized spacial score (nSPS) is 12.6. The Hall–Kier alpha value is -2.71. The fourth-order valence-corrected chi connectivity index (χ4v) is 4.23. The zero-order chi connectivity index (χ0) is 23.0. The number of benzene rings is 2. The molecule has 0 unspecified atom stereocenters. The lowest BCUT2D eigenvalue weighted by Gasteiger charge is -2.22. The molecular weight excluding hydrogens is 446 g/mol. The first-order valence-electron chi connectivity index (χ1n) is 9.31. The summed E-state index contributed by atoms with van der Waals surface area (Å²) in [6, 6.07) is 11.7. The summed E-state index contributed by atoms with van der Waals surface area (Å²) in [4.78, 5) is -0.0585. The van der Waals surface area contributed by atoms with E-state index < -0.39 is 27.1 Å². The van der Waals surface area contributed by atoms with Crippen LogP contribution >= 0.6 is 11.6 Å². The topological polar surface area (TPSA) is 73.1 Å². The standard InChI is InChI=1S/C22H21ClF2N2O3S/c1-21(2,3)15-4-7-18(8-5-15)31(29,30)26-20-9-6-17(23)14-19(20)22(24,25)16-10-12-27(28)13-11-16/h4-14,26H,1-3H3. The average Bonchev–Trinajstić information content (AvgIpc) is 2.69. The minimum Gasteiger partial charge on any atom is -0.619 e. The molecule has 31 heavy (non-hydrogen) atoms. The number of hydrogen-bond donors (Lipinski definition) is 1.